The van der Waals surface area contributed by atoms with Crippen LogP contribution in [0.4, 0.5) is 0 Å². The number of likely N-dealkylation sites (tertiary alicyclic amines) is 1. The molecule has 1 aliphatic rings. The van der Waals surface area contributed by atoms with Crippen LogP contribution >= 0.6 is 15.9 Å². The maximum absolute atomic E-state index is 12.5. The maximum Gasteiger partial charge on any atom is 0.253 e. The van der Waals surface area contributed by atoms with Crippen molar-refractivity contribution in [1.82, 2.24) is 10.2 Å². The molecule has 0 unspecified atom stereocenters. The van der Waals surface area contributed by atoms with Crippen molar-refractivity contribution in [2.75, 3.05) is 13.1 Å². The highest BCUT2D eigenvalue weighted by Gasteiger charge is 2.25. The SMILES string of the molecule is O=C(NC1CCN(C(=O)c2cccc(O)c2)CC1)c1ccc(Br)cc1. The number of nitrogens with zero attached hydrogens (tertiary/aromatic N) is 1. The molecule has 1 saturated heterocycles. The lowest BCUT2D eigenvalue weighted by molar-refractivity contribution is 0.0697. The lowest BCUT2D eigenvalue weighted by Gasteiger charge is -2.32. The molecule has 1 heterocycles. The van der Waals surface area contributed by atoms with Gasteiger partial charge in [0.2, 0.25) is 0 Å². The first kappa shape index (κ1) is 17.5. The molecule has 130 valence electrons. The molecular formula is C19H19BrN2O3. The van der Waals surface area contributed by atoms with E-state index in [2.05, 4.69) is 21.2 Å². The zero-order valence-electron chi connectivity index (χ0n) is 13.6. The van der Waals surface area contributed by atoms with Gasteiger partial charge in [-0.05, 0) is 55.3 Å². The summed E-state index contributed by atoms with van der Waals surface area (Å²) in [4.78, 5) is 26.5. The Morgan fingerprint density at radius 1 is 1.04 bits per heavy atom. The normalized spacial score (nSPS) is 15.0. The highest BCUT2D eigenvalue weighted by Crippen LogP contribution is 2.18. The number of hydrogen-bond donors (Lipinski definition) is 2. The van der Waals surface area contributed by atoms with Crippen LogP contribution in [0.15, 0.2) is 53.0 Å². The molecule has 0 radical (unpaired) electrons. The fraction of sp³-hybridized carbons (Fsp3) is 0.263. The molecule has 25 heavy (non-hydrogen) atoms. The predicted octanol–water partition coefficient (Wildman–Crippen LogP) is 3.19. The van der Waals surface area contributed by atoms with Crippen LogP contribution in [0.2, 0.25) is 0 Å². The first-order valence-electron chi connectivity index (χ1n) is 8.17. The number of piperidine rings is 1. The van der Waals surface area contributed by atoms with Crippen molar-refractivity contribution < 1.29 is 14.7 Å². The number of phenolic OH excluding ortho intramolecular Hbond substituents is 1. The minimum absolute atomic E-state index is 0.0596. The van der Waals surface area contributed by atoms with Crippen LogP contribution in [-0.2, 0) is 0 Å². The van der Waals surface area contributed by atoms with Crippen LogP contribution in [0.5, 0.6) is 5.75 Å². The number of benzene rings is 2. The Morgan fingerprint density at radius 3 is 2.36 bits per heavy atom. The third-order valence-corrected chi connectivity index (χ3v) is 4.85. The zero-order valence-corrected chi connectivity index (χ0v) is 15.2. The average molecular weight is 403 g/mol. The fourth-order valence-corrected chi connectivity index (χ4v) is 3.18. The van der Waals surface area contributed by atoms with Gasteiger partial charge >= 0.3 is 0 Å². The van der Waals surface area contributed by atoms with Crippen molar-refractivity contribution in [2.24, 2.45) is 0 Å². The number of carbonyl (C=O) groups is 2. The van der Waals surface area contributed by atoms with Gasteiger partial charge in [-0.3, -0.25) is 9.59 Å². The van der Waals surface area contributed by atoms with E-state index in [1.165, 1.54) is 6.07 Å². The number of aromatic hydroxyl groups is 1. The molecule has 0 spiro atoms. The van der Waals surface area contributed by atoms with E-state index in [0.29, 0.717) is 37.1 Å². The number of amides is 2. The minimum atomic E-state index is -0.0924. The molecule has 0 aliphatic carbocycles. The van der Waals surface area contributed by atoms with Gasteiger partial charge in [-0.15, -0.1) is 0 Å². The highest BCUT2D eigenvalue weighted by atomic mass is 79.9. The molecular weight excluding hydrogens is 384 g/mol. The van der Waals surface area contributed by atoms with Crippen LogP contribution in [0.3, 0.4) is 0 Å². The fourth-order valence-electron chi connectivity index (χ4n) is 2.92. The summed E-state index contributed by atoms with van der Waals surface area (Å²) in [5.41, 5.74) is 1.11. The van der Waals surface area contributed by atoms with E-state index in [4.69, 9.17) is 0 Å². The summed E-state index contributed by atoms with van der Waals surface area (Å²) in [5.74, 6) is -0.0960. The number of phenols is 1. The van der Waals surface area contributed by atoms with Gasteiger partial charge in [0.25, 0.3) is 11.8 Å². The number of carbonyl (C=O) groups excluding carboxylic acids is 2. The number of rotatable bonds is 3. The third kappa shape index (κ3) is 4.39. The Bertz CT molecular complexity index is 768. The van der Waals surface area contributed by atoms with Crippen LogP contribution < -0.4 is 5.32 Å². The van der Waals surface area contributed by atoms with Gasteiger partial charge in [0.05, 0.1) is 0 Å². The van der Waals surface area contributed by atoms with E-state index in [-0.39, 0.29) is 23.6 Å². The molecule has 2 aromatic carbocycles. The molecule has 3 rings (SSSR count). The summed E-state index contributed by atoms with van der Waals surface area (Å²) < 4.78 is 0.933. The molecule has 2 N–H and O–H groups in total. The zero-order chi connectivity index (χ0) is 17.8. The van der Waals surface area contributed by atoms with E-state index in [9.17, 15) is 14.7 Å². The van der Waals surface area contributed by atoms with Crippen LogP contribution in [-0.4, -0.2) is 41.0 Å². The summed E-state index contributed by atoms with van der Waals surface area (Å²) in [5, 5.41) is 12.5. The summed E-state index contributed by atoms with van der Waals surface area (Å²) in [6, 6.07) is 13.7. The van der Waals surface area contributed by atoms with Gasteiger partial charge in [0.15, 0.2) is 0 Å². The van der Waals surface area contributed by atoms with Crippen LogP contribution in [0.1, 0.15) is 33.6 Å². The standard InChI is InChI=1S/C19H19BrN2O3/c20-15-6-4-13(5-7-15)18(24)21-16-8-10-22(11-9-16)19(25)14-2-1-3-17(23)12-14/h1-7,12,16,23H,8-11H2,(H,21,24). The van der Waals surface area contributed by atoms with Crippen LogP contribution in [0, 0.1) is 0 Å². The smallest absolute Gasteiger partial charge is 0.253 e. The van der Waals surface area contributed by atoms with Gasteiger partial charge < -0.3 is 15.3 Å². The van der Waals surface area contributed by atoms with E-state index < -0.39 is 0 Å². The number of nitrogens with one attached hydrogen (secondary N) is 1. The molecule has 0 atom stereocenters. The van der Waals surface area contributed by atoms with Gasteiger partial charge in [0.1, 0.15) is 5.75 Å². The van der Waals surface area contributed by atoms with Gasteiger partial charge in [-0.25, -0.2) is 0 Å². The minimum Gasteiger partial charge on any atom is -0.508 e. The summed E-state index contributed by atoms with van der Waals surface area (Å²) in [7, 11) is 0. The molecule has 6 heteroatoms. The molecule has 1 fully saturated rings. The molecule has 2 amide bonds. The van der Waals surface area contributed by atoms with E-state index in [1.54, 1.807) is 35.2 Å². The molecule has 5 nitrogen and oxygen atoms in total. The summed E-state index contributed by atoms with van der Waals surface area (Å²) >= 11 is 3.35. The molecule has 0 bridgehead atoms. The van der Waals surface area contributed by atoms with Crippen molar-refractivity contribution >= 4 is 27.7 Å². The predicted molar refractivity (Wildman–Crippen MR) is 98.6 cm³/mol. The van der Waals surface area contributed by atoms with E-state index in [0.717, 1.165) is 4.47 Å². The van der Waals surface area contributed by atoms with E-state index in [1.807, 2.05) is 12.1 Å². The van der Waals surface area contributed by atoms with Gasteiger partial charge in [-0.2, -0.15) is 0 Å². The Labute approximate surface area is 154 Å². The first-order chi connectivity index (χ1) is 12.0. The van der Waals surface area contributed by atoms with Gasteiger partial charge in [-0.1, -0.05) is 22.0 Å². The van der Waals surface area contributed by atoms with Crippen LogP contribution in [0.25, 0.3) is 0 Å². The molecule has 0 aromatic heterocycles. The van der Waals surface area contributed by atoms with E-state index >= 15 is 0 Å². The Hall–Kier alpha value is -2.34. The second-order valence-electron chi connectivity index (χ2n) is 6.10. The second kappa shape index (κ2) is 7.70. The topological polar surface area (TPSA) is 69.6 Å². The number of hydrogen-bond acceptors (Lipinski definition) is 3. The van der Waals surface area contributed by atoms with Gasteiger partial charge in [0, 0.05) is 34.7 Å². The molecule has 2 aromatic rings. The van der Waals surface area contributed by atoms with Crippen molar-refractivity contribution in [3.8, 4) is 5.75 Å². The lowest BCUT2D eigenvalue weighted by atomic mass is 10.0. The van der Waals surface area contributed by atoms with Crippen molar-refractivity contribution in [2.45, 2.75) is 18.9 Å². The highest BCUT2D eigenvalue weighted by molar-refractivity contribution is 9.10. The first-order valence-corrected chi connectivity index (χ1v) is 8.97. The largest absolute Gasteiger partial charge is 0.508 e. The Kier molecular flexibility index (Phi) is 5.38. The van der Waals surface area contributed by atoms with Crippen molar-refractivity contribution in [3.05, 3.63) is 64.1 Å². The van der Waals surface area contributed by atoms with Crippen molar-refractivity contribution in [3.63, 3.8) is 0 Å². The average Bonchev–Trinajstić information content (AvgIpc) is 2.62. The monoisotopic (exact) mass is 402 g/mol. The maximum atomic E-state index is 12.5. The lowest BCUT2D eigenvalue weighted by Crippen LogP contribution is -2.46. The number of halogens is 1. The molecule has 1 aliphatic heterocycles. The Morgan fingerprint density at radius 2 is 1.72 bits per heavy atom. The summed E-state index contributed by atoms with van der Waals surface area (Å²) in [6.45, 7) is 1.17. The van der Waals surface area contributed by atoms with Crippen molar-refractivity contribution in [1.29, 1.82) is 0 Å². The molecule has 0 saturated carbocycles. The third-order valence-electron chi connectivity index (χ3n) is 4.32. The Balaban J connectivity index is 1.54. The second-order valence-corrected chi connectivity index (χ2v) is 7.01. The summed E-state index contributed by atoms with van der Waals surface area (Å²) in [6.07, 6.45) is 1.43. The quantitative estimate of drug-likeness (QED) is 0.827.